The van der Waals surface area contributed by atoms with Crippen molar-refractivity contribution in [2.75, 3.05) is 0 Å². The summed E-state index contributed by atoms with van der Waals surface area (Å²) in [5.41, 5.74) is 11.3. The molecule has 8 rings (SSSR count). The Morgan fingerprint density at radius 1 is 0.440 bits per heavy atom. The van der Waals surface area contributed by atoms with Crippen molar-refractivity contribution in [1.29, 1.82) is 0 Å². The van der Waals surface area contributed by atoms with E-state index in [2.05, 4.69) is 201 Å². The van der Waals surface area contributed by atoms with Gasteiger partial charge in [-0.3, -0.25) is 5.32 Å². The predicted molar refractivity (Wildman–Crippen MR) is 216 cm³/mol. The molecule has 244 valence electrons. The number of hydrogen-bond acceptors (Lipinski definition) is 2. The molecular formula is C47H41N2P. The average molecular weight is 665 g/mol. The Labute approximate surface area is 297 Å². The summed E-state index contributed by atoms with van der Waals surface area (Å²) in [5, 5.41) is 13.8. The van der Waals surface area contributed by atoms with Crippen molar-refractivity contribution in [1.82, 2.24) is 10.6 Å². The van der Waals surface area contributed by atoms with E-state index in [0.29, 0.717) is 0 Å². The van der Waals surface area contributed by atoms with E-state index in [-0.39, 0.29) is 12.2 Å². The van der Waals surface area contributed by atoms with Gasteiger partial charge in [0.25, 0.3) is 0 Å². The van der Waals surface area contributed by atoms with E-state index >= 15 is 0 Å². The lowest BCUT2D eigenvalue weighted by atomic mass is 9.90. The molecule has 2 atom stereocenters. The summed E-state index contributed by atoms with van der Waals surface area (Å²) in [6.07, 6.45) is 0.243. The zero-order valence-corrected chi connectivity index (χ0v) is 29.7. The molecule has 1 heterocycles. The van der Waals surface area contributed by atoms with Gasteiger partial charge in [0.1, 0.15) is 0 Å². The minimum atomic E-state index is -0.617. The first-order valence-corrected chi connectivity index (χ1v) is 18.8. The molecule has 0 saturated carbocycles. The van der Waals surface area contributed by atoms with Crippen molar-refractivity contribution in [3.8, 4) is 33.4 Å². The summed E-state index contributed by atoms with van der Waals surface area (Å²) in [6.45, 7) is 6.55. The molecule has 7 aromatic rings. The van der Waals surface area contributed by atoms with E-state index in [9.17, 15) is 0 Å². The molecule has 2 nitrogen and oxygen atoms in total. The van der Waals surface area contributed by atoms with Crippen molar-refractivity contribution >= 4 is 34.6 Å². The number of fused-ring (bicyclic) bond motifs is 1. The van der Waals surface area contributed by atoms with Crippen molar-refractivity contribution in [3.05, 3.63) is 187 Å². The Hall–Kier alpha value is -5.27. The summed E-state index contributed by atoms with van der Waals surface area (Å²) in [7, 11) is -0.617. The summed E-state index contributed by atoms with van der Waals surface area (Å²) in [5.74, 6) is 0. The van der Waals surface area contributed by atoms with Crippen LogP contribution in [-0.4, -0.2) is 6.17 Å². The molecule has 7 aromatic carbocycles. The minimum Gasteiger partial charge on any atom is -0.374 e. The van der Waals surface area contributed by atoms with Gasteiger partial charge in [-0.05, 0) is 99.9 Å². The van der Waals surface area contributed by atoms with Crippen LogP contribution in [0.4, 0.5) is 0 Å². The Bertz CT molecular complexity index is 2230. The van der Waals surface area contributed by atoms with Crippen LogP contribution in [0.3, 0.4) is 0 Å². The number of benzene rings is 7. The summed E-state index contributed by atoms with van der Waals surface area (Å²) in [6, 6.07) is 62.7. The fraction of sp³-hybridized carbons (Fsp3) is 0.106. The van der Waals surface area contributed by atoms with Gasteiger partial charge in [-0.15, -0.1) is 0 Å². The molecule has 2 unspecified atom stereocenters. The summed E-state index contributed by atoms with van der Waals surface area (Å²) in [4.78, 5) is 0. The Morgan fingerprint density at radius 3 is 1.38 bits per heavy atom. The lowest BCUT2D eigenvalue weighted by molar-refractivity contribution is 0.414. The molecule has 1 aliphatic heterocycles. The molecule has 0 radical (unpaired) electrons. The van der Waals surface area contributed by atoms with Crippen LogP contribution < -0.4 is 26.5 Å². The van der Waals surface area contributed by atoms with E-state index in [0.717, 1.165) is 0 Å². The number of rotatable bonds is 7. The highest BCUT2D eigenvalue weighted by Crippen LogP contribution is 2.38. The number of nitrogens with one attached hydrogen (secondary N) is 2. The van der Waals surface area contributed by atoms with Crippen molar-refractivity contribution in [2.24, 2.45) is 0 Å². The van der Waals surface area contributed by atoms with E-state index in [1.54, 1.807) is 0 Å². The smallest absolute Gasteiger partial charge is 0.0743 e. The molecule has 0 saturated heterocycles. The molecule has 0 aliphatic carbocycles. The number of hydrogen-bond donors (Lipinski definition) is 2. The molecule has 0 fully saturated rings. The van der Waals surface area contributed by atoms with Crippen LogP contribution in [0.2, 0.25) is 0 Å². The van der Waals surface area contributed by atoms with Gasteiger partial charge in [0.15, 0.2) is 0 Å². The lowest BCUT2D eigenvalue weighted by Gasteiger charge is -2.33. The maximum Gasteiger partial charge on any atom is 0.0743 e. The molecule has 0 bridgehead atoms. The molecule has 50 heavy (non-hydrogen) atoms. The minimum absolute atomic E-state index is 0.224. The van der Waals surface area contributed by atoms with Gasteiger partial charge >= 0.3 is 0 Å². The normalized spacial score (nSPS) is 16.1. The fourth-order valence-electron chi connectivity index (χ4n) is 7.32. The molecule has 3 heteroatoms. The first kappa shape index (κ1) is 32.0. The van der Waals surface area contributed by atoms with Crippen LogP contribution in [0.15, 0.2) is 181 Å². The van der Waals surface area contributed by atoms with Gasteiger partial charge in [0.05, 0.1) is 12.2 Å². The molecule has 2 N–H and O–H groups in total. The predicted octanol–water partition coefficient (Wildman–Crippen LogP) is 10.5. The highest BCUT2D eigenvalue weighted by Gasteiger charge is 2.23. The van der Waals surface area contributed by atoms with Gasteiger partial charge in [-0.25, -0.2) is 0 Å². The van der Waals surface area contributed by atoms with Crippen LogP contribution in [0.1, 0.15) is 32.4 Å². The standard InChI is InChI=1S/C47H41N2P/c1-32-33(2)48-34(3)49-47(32)39-24-22-38(23-25-39)44-31-30-43(45-16-10-11-17-46(44)45)37-20-18-35(19-21-37)36-26-28-42(29-27-36)50(40-12-6-4-7-13-40)41-14-8-5-9-15-41/h4-31,34,47-49H,1-3H3. The maximum atomic E-state index is 3.69. The molecule has 0 amide bonds. The second-order valence-corrected chi connectivity index (χ2v) is 15.5. The third kappa shape index (κ3) is 6.29. The van der Waals surface area contributed by atoms with Gasteiger partial charge in [0, 0.05) is 5.70 Å². The molecule has 0 aromatic heterocycles. The Kier molecular flexibility index (Phi) is 8.90. The quantitative estimate of drug-likeness (QED) is 0.166. The zero-order chi connectivity index (χ0) is 34.0. The highest BCUT2D eigenvalue weighted by atomic mass is 31.1. The average Bonchev–Trinajstić information content (AvgIpc) is 3.17. The Balaban J connectivity index is 1.06. The third-order valence-corrected chi connectivity index (χ3v) is 12.5. The van der Waals surface area contributed by atoms with Gasteiger partial charge in [-0.1, -0.05) is 170 Å². The fourth-order valence-corrected chi connectivity index (χ4v) is 9.60. The zero-order valence-electron chi connectivity index (χ0n) is 28.8. The van der Waals surface area contributed by atoms with Crippen LogP contribution in [0.5, 0.6) is 0 Å². The van der Waals surface area contributed by atoms with Crippen LogP contribution in [0, 0.1) is 0 Å². The lowest BCUT2D eigenvalue weighted by Crippen LogP contribution is -2.46. The van der Waals surface area contributed by atoms with E-state index in [1.807, 2.05) is 0 Å². The molecule has 0 spiro atoms. The SMILES string of the molecule is CC1=C(C)C(c2ccc(-c3ccc(-c4ccc(-c5ccc(P(c6ccccc6)c6ccccc6)cc5)cc4)c4ccccc34)cc2)NC(C)N1. The van der Waals surface area contributed by atoms with Crippen molar-refractivity contribution in [3.63, 3.8) is 0 Å². The van der Waals surface area contributed by atoms with Crippen LogP contribution >= 0.6 is 7.92 Å². The highest BCUT2D eigenvalue weighted by molar-refractivity contribution is 7.79. The van der Waals surface area contributed by atoms with Gasteiger partial charge in [0.2, 0.25) is 0 Å². The second-order valence-electron chi connectivity index (χ2n) is 13.2. The van der Waals surface area contributed by atoms with E-state index in [1.165, 1.54) is 76.9 Å². The van der Waals surface area contributed by atoms with Gasteiger partial charge < -0.3 is 5.32 Å². The number of allylic oxidation sites excluding steroid dienone is 1. The molecule has 1 aliphatic rings. The van der Waals surface area contributed by atoms with Crippen LogP contribution in [-0.2, 0) is 0 Å². The van der Waals surface area contributed by atoms with E-state index < -0.39 is 7.92 Å². The third-order valence-electron chi connectivity index (χ3n) is 10.0. The Morgan fingerprint density at radius 2 is 0.860 bits per heavy atom. The largest absolute Gasteiger partial charge is 0.374 e. The van der Waals surface area contributed by atoms with Gasteiger partial charge in [-0.2, -0.15) is 0 Å². The van der Waals surface area contributed by atoms with Crippen molar-refractivity contribution in [2.45, 2.75) is 33.0 Å². The van der Waals surface area contributed by atoms with E-state index in [4.69, 9.17) is 0 Å². The first-order chi connectivity index (χ1) is 24.5. The second kappa shape index (κ2) is 13.9. The topological polar surface area (TPSA) is 24.1 Å². The summed E-state index contributed by atoms with van der Waals surface area (Å²) < 4.78 is 0. The monoisotopic (exact) mass is 664 g/mol. The van der Waals surface area contributed by atoms with Crippen LogP contribution in [0.25, 0.3) is 44.2 Å². The first-order valence-electron chi connectivity index (χ1n) is 17.5. The molecular weight excluding hydrogens is 624 g/mol. The van der Waals surface area contributed by atoms with Crippen molar-refractivity contribution < 1.29 is 0 Å². The summed E-state index contributed by atoms with van der Waals surface area (Å²) >= 11 is 0. The maximum absolute atomic E-state index is 3.69.